The van der Waals surface area contributed by atoms with Crippen LogP contribution in [0.3, 0.4) is 0 Å². The van der Waals surface area contributed by atoms with E-state index in [0.29, 0.717) is 25.8 Å². The summed E-state index contributed by atoms with van der Waals surface area (Å²) in [6.45, 7) is 10.0. The number of ether oxygens (including phenoxy) is 2. The van der Waals surface area contributed by atoms with E-state index in [1.807, 2.05) is 36.4 Å². The van der Waals surface area contributed by atoms with Crippen molar-refractivity contribution in [1.29, 1.82) is 0 Å². The minimum atomic E-state index is -0.575. The lowest BCUT2D eigenvalue weighted by atomic mass is 9.94. The Balaban J connectivity index is 2.54. The van der Waals surface area contributed by atoms with Crippen molar-refractivity contribution in [2.75, 3.05) is 32.9 Å². The van der Waals surface area contributed by atoms with Crippen molar-refractivity contribution in [2.45, 2.75) is 51.6 Å². The van der Waals surface area contributed by atoms with Crippen LogP contribution in [-0.2, 0) is 30.3 Å². The zero-order chi connectivity index (χ0) is 26.6. The second-order valence-electron chi connectivity index (χ2n) is 8.71. The van der Waals surface area contributed by atoms with Crippen LogP contribution in [0.1, 0.15) is 44.6 Å². The molecular formula is C28H42N2O6. The number of carbonyl (C=O) groups is 3. The summed E-state index contributed by atoms with van der Waals surface area (Å²) in [6.07, 6.45) is 6.25. The summed E-state index contributed by atoms with van der Waals surface area (Å²) < 4.78 is 10.8. The topological polar surface area (TPSA) is 114 Å². The molecule has 2 amide bonds. The first-order valence-electron chi connectivity index (χ1n) is 12.6. The smallest absolute Gasteiger partial charge is 0.309 e. The molecule has 0 aliphatic heterocycles. The fourth-order valence-electron chi connectivity index (χ4n) is 3.64. The number of nitrogens with one attached hydrogen (secondary N) is 2. The molecule has 0 bridgehead atoms. The first kappa shape index (κ1) is 31.1. The molecule has 0 spiro atoms. The highest BCUT2D eigenvalue weighted by Crippen LogP contribution is 2.18. The number of amides is 2. The Bertz CT molecular complexity index is 798. The van der Waals surface area contributed by atoms with E-state index >= 15 is 0 Å². The molecule has 0 saturated heterocycles. The van der Waals surface area contributed by atoms with Crippen LogP contribution in [-0.4, -0.2) is 61.9 Å². The molecule has 0 radical (unpaired) electrons. The number of esters is 1. The SMILES string of the molecule is C=CCCCC(Cc1ccccc1)C(=O)OC(C)CNC(=O)C(CC=C)CC(=O)NCCOCCO. The standard InChI is InChI=1S/C28H42N2O6/c1-4-6-8-14-25(19-23-12-9-7-10-13-23)28(34)36-22(3)21-30-27(33)24(11-5-2)20-26(32)29-15-17-35-18-16-31/h4-5,7,9-10,12-13,22,24-25,31H,1-2,6,8,11,14-21H2,3H3,(H,29,32)(H,30,33). The van der Waals surface area contributed by atoms with E-state index in [4.69, 9.17) is 14.6 Å². The van der Waals surface area contributed by atoms with Gasteiger partial charge in [-0.1, -0.05) is 42.5 Å². The third-order valence-electron chi connectivity index (χ3n) is 5.56. The van der Waals surface area contributed by atoms with Gasteiger partial charge >= 0.3 is 5.97 Å². The van der Waals surface area contributed by atoms with Gasteiger partial charge in [-0.2, -0.15) is 0 Å². The zero-order valence-electron chi connectivity index (χ0n) is 21.5. The molecule has 36 heavy (non-hydrogen) atoms. The number of aliphatic hydroxyl groups excluding tert-OH is 1. The molecule has 0 heterocycles. The highest BCUT2D eigenvalue weighted by Gasteiger charge is 2.24. The van der Waals surface area contributed by atoms with Crippen molar-refractivity contribution in [3.05, 3.63) is 61.2 Å². The highest BCUT2D eigenvalue weighted by atomic mass is 16.5. The first-order chi connectivity index (χ1) is 17.4. The minimum Gasteiger partial charge on any atom is -0.461 e. The Labute approximate surface area is 215 Å². The summed E-state index contributed by atoms with van der Waals surface area (Å²) in [5.74, 6) is -1.70. The Morgan fingerprint density at radius 1 is 1.06 bits per heavy atom. The van der Waals surface area contributed by atoms with Crippen LogP contribution in [0.2, 0.25) is 0 Å². The van der Waals surface area contributed by atoms with Crippen molar-refractivity contribution >= 4 is 17.8 Å². The average molecular weight is 503 g/mol. The van der Waals surface area contributed by atoms with Crippen LogP contribution >= 0.6 is 0 Å². The maximum absolute atomic E-state index is 12.9. The highest BCUT2D eigenvalue weighted by molar-refractivity contribution is 5.86. The summed E-state index contributed by atoms with van der Waals surface area (Å²) in [6, 6.07) is 9.83. The maximum atomic E-state index is 12.9. The average Bonchev–Trinajstić information content (AvgIpc) is 2.87. The Morgan fingerprint density at radius 2 is 1.81 bits per heavy atom. The number of unbranched alkanes of at least 4 members (excludes halogenated alkanes) is 1. The number of hydrogen-bond acceptors (Lipinski definition) is 6. The van der Waals surface area contributed by atoms with E-state index in [1.54, 1.807) is 13.0 Å². The lowest BCUT2D eigenvalue weighted by molar-refractivity contribution is -0.153. The van der Waals surface area contributed by atoms with E-state index in [9.17, 15) is 14.4 Å². The second kappa shape index (κ2) is 19.2. The number of allylic oxidation sites excluding steroid dienone is 2. The zero-order valence-corrected chi connectivity index (χ0v) is 21.5. The van der Waals surface area contributed by atoms with Crippen LogP contribution in [0.5, 0.6) is 0 Å². The minimum absolute atomic E-state index is 0.00841. The van der Waals surface area contributed by atoms with Gasteiger partial charge in [0.05, 0.1) is 38.2 Å². The molecule has 3 unspecified atom stereocenters. The first-order valence-corrected chi connectivity index (χ1v) is 12.6. The molecule has 0 saturated carbocycles. The Kier molecular flexibility index (Phi) is 16.6. The van der Waals surface area contributed by atoms with Crippen LogP contribution in [0, 0.1) is 11.8 Å². The normalized spacial score (nSPS) is 13.2. The van der Waals surface area contributed by atoms with Gasteiger partial charge in [0.2, 0.25) is 11.8 Å². The number of rotatable bonds is 20. The van der Waals surface area contributed by atoms with Crippen LogP contribution in [0.15, 0.2) is 55.6 Å². The van der Waals surface area contributed by atoms with Crippen LogP contribution in [0.25, 0.3) is 0 Å². The number of carbonyl (C=O) groups excluding carboxylic acids is 3. The van der Waals surface area contributed by atoms with Crippen LogP contribution < -0.4 is 10.6 Å². The number of benzene rings is 1. The molecule has 8 heteroatoms. The van der Waals surface area contributed by atoms with Gasteiger partial charge in [0, 0.05) is 13.0 Å². The van der Waals surface area contributed by atoms with Crippen LogP contribution in [0.4, 0.5) is 0 Å². The van der Waals surface area contributed by atoms with Gasteiger partial charge in [-0.05, 0) is 44.6 Å². The Morgan fingerprint density at radius 3 is 2.47 bits per heavy atom. The van der Waals surface area contributed by atoms with Gasteiger partial charge in [-0.15, -0.1) is 13.2 Å². The fraction of sp³-hybridized carbons (Fsp3) is 0.536. The van der Waals surface area contributed by atoms with Gasteiger partial charge < -0.3 is 25.2 Å². The maximum Gasteiger partial charge on any atom is 0.309 e. The lowest BCUT2D eigenvalue weighted by Gasteiger charge is -2.21. The molecule has 0 aromatic heterocycles. The fourth-order valence-corrected chi connectivity index (χ4v) is 3.64. The summed E-state index contributed by atoms with van der Waals surface area (Å²) in [4.78, 5) is 37.8. The second-order valence-corrected chi connectivity index (χ2v) is 8.71. The lowest BCUT2D eigenvalue weighted by Crippen LogP contribution is -2.39. The quantitative estimate of drug-likeness (QED) is 0.144. The van der Waals surface area contributed by atoms with Gasteiger partial charge in [0.15, 0.2) is 0 Å². The van der Waals surface area contributed by atoms with Crippen molar-refractivity contribution in [2.24, 2.45) is 11.8 Å². The van der Waals surface area contributed by atoms with Gasteiger partial charge in [0.1, 0.15) is 6.10 Å². The predicted octanol–water partition coefficient (Wildman–Crippen LogP) is 2.96. The molecule has 0 fully saturated rings. The molecule has 8 nitrogen and oxygen atoms in total. The van der Waals surface area contributed by atoms with E-state index in [0.717, 1.165) is 18.4 Å². The third kappa shape index (κ3) is 13.8. The molecule has 1 aromatic carbocycles. The van der Waals surface area contributed by atoms with Gasteiger partial charge in [-0.3, -0.25) is 14.4 Å². The predicted molar refractivity (Wildman–Crippen MR) is 140 cm³/mol. The molecule has 200 valence electrons. The molecule has 3 atom stereocenters. The monoisotopic (exact) mass is 502 g/mol. The molecule has 1 rings (SSSR count). The van der Waals surface area contributed by atoms with Crippen molar-refractivity contribution in [3.63, 3.8) is 0 Å². The van der Waals surface area contributed by atoms with Crippen molar-refractivity contribution < 1.29 is 29.0 Å². The molecule has 1 aromatic rings. The summed E-state index contributed by atoms with van der Waals surface area (Å²) in [5.41, 5.74) is 1.07. The summed E-state index contributed by atoms with van der Waals surface area (Å²) >= 11 is 0. The van der Waals surface area contributed by atoms with Crippen molar-refractivity contribution in [3.8, 4) is 0 Å². The van der Waals surface area contributed by atoms with Crippen molar-refractivity contribution in [1.82, 2.24) is 10.6 Å². The van der Waals surface area contributed by atoms with Gasteiger partial charge in [0.25, 0.3) is 0 Å². The summed E-state index contributed by atoms with van der Waals surface area (Å²) in [7, 11) is 0. The van der Waals surface area contributed by atoms with E-state index in [2.05, 4.69) is 23.8 Å². The molecular weight excluding hydrogens is 460 g/mol. The molecule has 0 aliphatic carbocycles. The van der Waals surface area contributed by atoms with E-state index in [-0.39, 0.29) is 56.5 Å². The number of hydrogen-bond donors (Lipinski definition) is 3. The molecule has 0 aliphatic rings. The Hall–Kier alpha value is -2.97. The largest absolute Gasteiger partial charge is 0.461 e. The number of aliphatic hydroxyl groups is 1. The van der Waals surface area contributed by atoms with E-state index in [1.165, 1.54) is 0 Å². The molecule has 3 N–H and O–H groups in total. The summed E-state index contributed by atoms with van der Waals surface area (Å²) in [5, 5.41) is 14.2. The third-order valence-corrected chi connectivity index (χ3v) is 5.56. The van der Waals surface area contributed by atoms with E-state index < -0.39 is 12.0 Å². The van der Waals surface area contributed by atoms with Gasteiger partial charge in [-0.25, -0.2) is 0 Å².